The van der Waals surface area contributed by atoms with E-state index >= 15 is 0 Å². The van der Waals surface area contributed by atoms with Gasteiger partial charge in [-0.25, -0.2) is 5.84 Å². The molecule has 2 saturated heterocycles. The summed E-state index contributed by atoms with van der Waals surface area (Å²) >= 11 is 0. The third-order valence-corrected chi connectivity index (χ3v) is 3.69. The zero-order chi connectivity index (χ0) is 14.1. The third-order valence-electron chi connectivity index (χ3n) is 3.69. The molecule has 0 radical (unpaired) electrons. The lowest BCUT2D eigenvalue weighted by atomic mass is 10.2. The number of nitrogen functional groups attached to an aromatic ring is 1. The monoisotopic (exact) mass is 279 g/mol. The molecular weight excluding hydrogens is 262 g/mol. The van der Waals surface area contributed by atoms with Gasteiger partial charge in [0.25, 0.3) is 0 Å². The van der Waals surface area contributed by atoms with Crippen molar-refractivity contribution in [3.63, 3.8) is 0 Å². The molecule has 2 fully saturated rings. The van der Waals surface area contributed by atoms with E-state index in [1.165, 1.54) is 7.11 Å². The Balaban J connectivity index is 1.81. The summed E-state index contributed by atoms with van der Waals surface area (Å²) in [5, 5.41) is 0. The molecular formula is C11H17N7O2. The molecule has 9 nitrogen and oxygen atoms in total. The van der Waals surface area contributed by atoms with Crippen LogP contribution >= 0.6 is 0 Å². The van der Waals surface area contributed by atoms with E-state index in [2.05, 4.69) is 20.4 Å². The Labute approximate surface area is 116 Å². The first-order valence-electron chi connectivity index (χ1n) is 6.52. The van der Waals surface area contributed by atoms with Crippen molar-refractivity contribution in [3.05, 3.63) is 0 Å². The van der Waals surface area contributed by atoms with Crippen LogP contribution in [0.4, 0.5) is 11.9 Å². The SMILES string of the molecule is COc1nc(NN)nc(N2CCN3C(=O)CCC3C2)n1. The van der Waals surface area contributed by atoms with Crippen LogP contribution in [-0.2, 0) is 4.79 Å². The average Bonchev–Trinajstić information content (AvgIpc) is 2.87. The molecule has 0 bridgehead atoms. The molecule has 0 saturated carbocycles. The van der Waals surface area contributed by atoms with E-state index in [1.807, 2.05) is 9.80 Å². The highest BCUT2D eigenvalue weighted by atomic mass is 16.5. The van der Waals surface area contributed by atoms with Gasteiger partial charge in [-0.1, -0.05) is 0 Å². The lowest BCUT2D eigenvalue weighted by Gasteiger charge is -2.37. The molecule has 1 atom stereocenters. The van der Waals surface area contributed by atoms with Gasteiger partial charge in [0.05, 0.1) is 7.11 Å². The van der Waals surface area contributed by atoms with Crippen LogP contribution in [0.5, 0.6) is 6.01 Å². The molecule has 3 heterocycles. The molecule has 9 heteroatoms. The number of anilines is 2. The van der Waals surface area contributed by atoms with E-state index in [0.717, 1.165) is 13.0 Å². The molecule has 20 heavy (non-hydrogen) atoms. The molecule has 0 spiro atoms. The number of nitrogens with zero attached hydrogens (tertiary/aromatic N) is 5. The van der Waals surface area contributed by atoms with Crippen LogP contribution in [0.3, 0.4) is 0 Å². The van der Waals surface area contributed by atoms with Gasteiger partial charge in [0.2, 0.25) is 17.8 Å². The van der Waals surface area contributed by atoms with E-state index in [0.29, 0.717) is 25.5 Å². The van der Waals surface area contributed by atoms with Crippen LogP contribution in [-0.4, -0.2) is 58.5 Å². The van der Waals surface area contributed by atoms with E-state index in [1.54, 1.807) is 0 Å². The van der Waals surface area contributed by atoms with Gasteiger partial charge in [0.15, 0.2) is 0 Å². The van der Waals surface area contributed by atoms with Gasteiger partial charge in [-0.2, -0.15) is 15.0 Å². The topological polar surface area (TPSA) is 109 Å². The number of hydrogen-bond donors (Lipinski definition) is 2. The highest BCUT2D eigenvalue weighted by molar-refractivity contribution is 5.79. The van der Waals surface area contributed by atoms with Crippen LogP contribution in [0, 0.1) is 0 Å². The van der Waals surface area contributed by atoms with Crippen molar-refractivity contribution >= 4 is 17.8 Å². The van der Waals surface area contributed by atoms with Crippen molar-refractivity contribution in [3.8, 4) is 6.01 Å². The Morgan fingerprint density at radius 3 is 2.95 bits per heavy atom. The molecule has 1 aromatic heterocycles. The average molecular weight is 279 g/mol. The number of nitrogens with one attached hydrogen (secondary N) is 1. The molecule has 0 aliphatic carbocycles. The van der Waals surface area contributed by atoms with Crippen molar-refractivity contribution in [1.29, 1.82) is 0 Å². The molecule has 0 aromatic carbocycles. The van der Waals surface area contributed by atoms with Gasteiger partial charge in [0.1, 0.15) is 0 Å². The number of ether oxygens (including phenoxy) is 1. The Morgan fingerprint density at radius 2 is 2.20 bits per heavy atom. The van der Waals surface area contributed by atoms with E-state index in [-0.39, 0.29) is 23.9 Å². The van der Waals surface area contributed by atoms with Crippen molar-refractivity contribution in [2.75, 3.05) is 37.1 Å². The van der Waals surface area contributed by atoms with Gasteiger partial charge in [0, 0.05) is 32.1 Å². The molecule has 1 unspecified atom stereocenters. The van der Waals surface area contributed by atoms with Gasteiger partial charge in [-0.05, 0) is 6.42 Å². The minimum Gasteiger partial charge on any atom is -0.467 e. The predicted molar refractivity (Wildman–Crippen MR) is 71.1 cm³/mol. The number of carbonyl (C=O) groups is 1. The smallest absolute Gasteiger partial charge is 0.322 e. The van der Waals surface area contributed by atoms with Gasteiger partial charge in [-0.3, -0.25) is 10.2 Å². The Bertz CT molecular complexity index is 501. The van der Waals surface area contributed by atoms with E-state index in [9.17, 15) is 4.79 Å². The third kappa shape index (κ3) is 2.20. The molecule has 2 aliphatic heterocycles. The summed E-state index contributed by atoms with van der Waals surface area (Å²) in [4.78, 5) is 28.1. The van der Waals surface area contributed by atoms with Crippen LogP contribution in [0.25, 0.3) is 0 Å². The molecule has 3 rings (SSSR count). The number of fused-ring (bicyclic) bond motifs is 1. The van der Waals surface area contributed by atoms with Crippen molar-refractivity contribution in [2.24, 2.45) is 5.84 Å². The lowest BCUT2D eigenvalue weighted by molar-refractivity contribution is -0.129. The molecule has 2 aliphatic rings. The molecule has 1 aromatic rings. The van der Waals surface area contributed by atoms with Crippen molar-refractivity contribution in [1.82, 2.24) is 19.9 Å². The lowest BCUT2D eigenvalue weighted by Crippen LogP contribution is -2.52. The summed E-state index contributed by atoms with van der Waals surface area (Å²) in [5.74, 6) is 6.37. The first-order valence-corrected chi connectivity index (χ1v) is 6.52. The normalized spacial score (nSPS) is 21.9. The number of nitrogens with two attached hydrogens (primary N) is 1. The Hall–Kier alpha value is -2.16. The van der Waals surface area contributed by atoms with Gasteiger partial charge >= 0.3 is 6.01 Å². The number of rotatable bonds is 3. The van der Waals surface area contributed by atoms with E-state index < -0.39 is 0 Å². The number of aromatic nitrogens is 3. The summed E-state index contributed by atoms with van der Waals surface area (Å²) in [6.45, 7) is 2.12. The van der Waals surface area contributed by atoms with Crippen LogP contribution in [0.2, 0.25) is 0 Å². The minimum atomic E-state index is 0.216. The quantitative estimate of drug-likeness (QED) is 0.534. The standard InChI is InChI=1S/C11H17N7O2/c1-20-11-14-9(16-12)13-10(15-11)17-4-5-18-7(6-17)2-3-8(18)19/h7H,2-6,12H2,1H3,(H,13,14,15,16). The number of piperazine rings is 1. The first-order chi connectivity index (χ1) is 9.71. The maximum Gasteiger partial charge on any atom is 0.322 e. The highest BCUT2D eigenvalue weighted by Gasteiger charge is 2.36. The number of methoxy groups -OCH3 is 1. The fraction of sp³-hybridized carbons (Fsp3) is 0.636. The number of amides is 1. The second-order valence-corrected chi connectivity index (χ2v) is 4.82. The first kappa shape index (κ1) is 12.9. The summed E-state index contributed by atoms with van der Waals surface area (Å²) in [5.41, 5.74) is 2.40. The summed E-state index contributed by atoms with van der Waals surface area (Å²) in [6, 6.07) is 0.459. The Kier molecular flexibility index (Phi) is 3.26. The largest absolute Gasteiger partial charge is 0.467 e. The second-order valence-electron chi connectivity index (χ2n) is 4.82. The van der Waals surface area contributed by atoms with Gasteiger partial charge in [-0.15, -0.1) is 0 Å². The van der Waals surface area contributed by atoms with E-state index in [4.69, 9.17) is 10.6 Å². The summed E-state index contributed by atoms with van der Waals surface area (Å²) < 4.78 is 5.04. The zero-order valence-corrected chi connectivity index (χ0v) is 11.2. The number of hydrogen-bond acceptors (Lipinski definition) is 8. The number of hydrazine groups is 1. The molecule has 3 N–H and O–H groups in total. The Morgan fingerprint density at radius 1 is 1.35 bits per heavy atom. The minimum absolute atomic E-state index is 0.216. The predicted octanol–water partition coefficient (Wildman–Crippen LogP) is -1.02. The zero-order valence-electron chi connectivity index (χ0n) is 11.2. The highest BCUT2D eigenvalue weighted by Crippen LogP contribution is 2.25. The fourth-order valence-electron chi connectivity index (χ4n) is 2.69. The molecule has 108 valence electrons. The van der Waals surface area contributed by atoms with Crippen LogP contribution in [0.15, 0.2) is 0 Å². The summed E-state index contributed by atoms with van der Waals surface area (Å²) in [7, 11) is 1.49. The maximum atomic E-state index is 11.7. The van der Waals surface area contributed by atoms with Crippen LogP contribution < -0.4 is 20.9 Å². The van der Waals surface area contributed by atoms with Crippen LogP contribution in [0.1, 0.15) is 12.8 Å². The fourth-order valence-corrected chi connectivity index (χ4v) is 2.69. The van der Waals surface area contributed by atoms with Crippen molar-refractivity contribution in [2.45, 2.75) is 18.9 Å². The van der Waals surface area contributed by atoms with Gasteiger partial charge < -0.3 is 14.5 Å². The maximum absolute atomic E-state index is 11.7. The summed E-state index contributed by atoms with van der Waals surface area (Å²) in [6.07, 6.45) is 1.52. The van der Waals surface area contributed by atoms with Crippen molar-refractivity contribution < 1.29 is 9.53 Å². The molecule has 1 amide bonds. The number of carbonyl (C=O) groups excluding carboxylic acids is 1. The second kappa shape index (κ2) is 5.08.